The Morgan fingerprint density at radius 2 is 1.56 bits per heavy atom. The van der Waals surface area contributed by atoms with E-state index in [1.165, 1.54) is 24.3 Å². The molecule has 3 aromatic rings. The number of amides is 1. The number of sulfonamides is 1. The van der Waals surface area contributed by atoms with Crippen LogP contribution in [0, 0.1) is 13.8 Å². The average Bonchev–Trinajstić information content (AvgIpc) is 2.77. The molecule has 0 aliphatic rings. The van der Waals surface area contributed by atoms with Crippen molar-refractivity contribution in [2.45, 2.75) is 18.7 Å². The minimum Gasteiger partial charge on any atom is -0.497 e. The molecule has 10 nitrogen and oxygen atoms in total. The third-order valence-corrected chi connectivity index (χ3v) is 5.86. The van der Waals surface area contributed by atoms with E-state index in [1.807, 2.05) is 0 Å². The largest absolute Gasteiger partial charge is 0.497 e. The first-order valence-electron chi connectivity index (χ1n) is 9.97. The predicted octanol–water partition coefficient (Wildman–Crippen LogP) is 2.79. The monoisotopic (exact) mass is 501 g/mol. The fraction of sp³-hybridized carbons (Fsp3) is 0.182. The third kappa shape index (κ3) is 7.12. The summed E-state index contributed by atoms with van der Waals surface area (Å²) in [6, 6.07) is 14.4. The van der Waals surface area contributed by atoms with Crippen molar-refractivity contribution in [2.75, 3.05) is 23.8 Å². The Hall–Kier alpha value is -3.77. The van der Waals surface area contributed by atoms with Crippen LogP contribution in [0.25, 0.3) is 0 Å². The first-order valence-corrected chi connectivity index (χ1v) is 11.9. The lowest BCUT2D eigenvalue weighted by Gasteiger charge is -2.12. The van der Waals surface area contributed by atoms with Crippen LogP contribution in [-0.4, -0.2) is 43.1 Å². The first-order chi connectivity index (χ1) is 16.1. The molecule has 0 spiro atoms. The fourth-order valence-corrected chi connectivity index (χ4v) is 3.99. The number of anilines is 2. The first kappa shape index (κ1) is 24.9. The maximum absolute atomic E-state index is 12.6. The van der Waals surface area contributed by atoms with Gasteiger partial charge in [0.05, 0.1) is 12.0 Å². The molecule has 0 radical (unpaired) electrons. The van der Waals surface area contributed by atoms with E-state index in [0.29, 0.717) is 28.6 Å². The molecule has 2 aromatic carbocycles. The van der Waals surface area contributed by atoms with Gasteiger partial charge in [-0.2, -0.15) is 0 Å². The molecule has 0 aliphatic heterocycles. The number of thiocarbonyl (C=S) groups is 1. The summed E-state index contributed by atoms with van der Waals surface area (Å²) in [6.07, 6.45) is 0. The van der Waals surface area contributed by atoms with Gasteiger partial charge in [-0.05, 0) is 80.7 Å². The summed E-state index contributed by atoms with van der Waals surface area (Å²) in [7, 11) is -2.32. The Morgan fingerprint density at radius 3 is 2.15 bits per heavy atom. The number of methoxy groups -OCH3 is 1. The van der Waals surface area contributed by atoms with E-state index in [2.05, 4.69) is 25.3 Å². The van der Waals surface area contributed by atoms with E-state index in [1.54, 1.807) is 51.3 Å². The minimum atomic E-state index is -3.88. The lowest BCUT2D eigenvalue weighted by Crippen LogP contribution is -2.37. The van der Waals surface area contributed by atoms with E-state index in [-0.39, 0.29) is 22.6 Å². The van der Waals surface area contributed by atoms with Gasteiger partial charge in [0.2, 0.25) is 5.95 Å². The Morgan fingerprint density at radius 1 is 0.971 bits per heavy atom. The number of rotatable bonds is 8. The van der Waals surface area contributed by atoms with Gasteiger partial charge in [0.1, 0.15) is 11.5 Å². The standard InChI is InChI=1S/C22H23N5O5S2/c1-14-12-15(2)24-21(23-14)27-34(29,30)19-10-4-16(5-11-19)25-22(33)26-20(28)13-32-18-8-6-17(31-3)7-9-18/h4-12H,13H2,1-3H3,(H,23,24,27)(H2,25,26,28,33). The zero-order valence-corrected chi connectivity index (χ0v) is 20.3. The van der Waals surface area contributed by atoms with Crippen LogP contribution >= 0.6 is 12.2 Å². The van der Waals surface area contributed by atoms with Crippen LogP contribution in [0.2, 0.25) is 0 Å². The summed E-state index contributed by atoms with van der Waals surface area (Å²) >= 11 is 5.13. The summed E-state index contributed by atoms with van der Waals surface area (Å²) in [6.45, 7) is 3.26. The molecule has 0 fully saturated rings. The second-order valence-electron chi connectivity index (χ2n) is 7.07. The molecule has 0 saturated carbocycles. The molecule has 1 heterocycles. The van der Waals surface area contributed by atoms with E-state index >= 15 is 0 Å². The van der Waals surface area contributed by atoms with E-state index < -0.39 is 15.9 Å². The number of carbonyl (C=O) groups excluding carboxylic acids is 1. The van der Waals surface area contributed by atoms with Crippen molar-refractivity contribution in [1.29, 1.82) is 0 Å². The van der Waals surface area contributed by atoms with Gasteiger partial charge >= 0.3 is 0 Å². The third-order valence-electron chi connectivity index (χ3n) is 4.31. The molecule has 1 aromatic heterocycles. The molecule has 0 unspecified atom stereocenters. The number of aromatic nitrogens is 2. The summed E-state index contributed by atoms with van der Waals surface area (Å²) in [5.41, 5.74) is 1.78. The highest BCUT2D eigenvalue weighted by Gasteiger charge is 2.16. The number of nitrogens with zero attached hydrogens (tertiary/aromatic N) is 2. The Kier molecular flexibility index (Phi) is 7.97. The van der Waals surface area contributed by atoms with Gasteiger partial charge in [-0.25, -0.2) is 23.1 Å². The van der Waals surface area contributed by atoms with Crippen LogP contribution < -0.4 is 24.8 Å². The van der Waals surface area contributed by atoms with Crippen molar-refractivity contribution < 1.29 is 22.7 Å². The predicted molar refractivity (Wildman–Crippen MR) is 132 cm³/mol. The van der Waals surface area contributed by atoms with Crippen molar-refractivity contribution in [1.82, 2.24) is 15.3 Å². The molecule has 1 amide bonds. The van der Waals surface area contributed by atoms with Gasteiger partial charge in [0, 0.05) is 17.1 Å². The lowest BCUT2D eigenvalue weighted by molar-refractivity contribution is -0.121. The van der Waals surface area contributed by atoms with Crippen LogP contribution in [0.5, 0.6) is 11.5 Å². The van der Waals surface area contributed by atoms with Crippen LogP contribution in [0.4, 0.5) is 11.6 Å². The van der Waals surface area contributed by atoms with Crippen LogP contribution in [0.1, 0.15) is 11.4 Å². The van der Waals surface area contributed by atoms with Crippen molar-refractivity contribution in [3.05, 3.63) is 66.0 Å². The van der Waals surface area contributed by atoms with Gasteiger partial charge in [0.15, 0.2) is 11.7 Å². The van der Waals surface area contributed by atoms with Gasteiger partial charge in [-0.3, -0.25) is 10.1 Å². The maximum Gasteiger partial charge on any atom is 0.264 e. The molecule has 3 rings (SSSR count). The molecule has 34 heavy (non-hydrogen) atoms. The number of aryl methyl sites for hydroxylation is 2. The fourth-order valence-electron chi connectivity index (χ4n) is 2.81. The summed E-state index contributed by atoms with van der Waals surface area (Å²) in [5.74, 6) is 0.729. The molecule has 0 atom stereocenters. The normalized spacial score (nSPS) is 10.8. The number of hydrogen-bond donors (Lipinski definition) is 3. The highest BCUT2D eigenvalue weighted by Crippen LogP contribution is 2.18. The Labute approximate surface area is 202 Å². The minimum absolute atomic E-state index is 0.000417. The molecular weight excluding hydrogens is 478 g/mol. The smallest absolute Gasteiger partial charge is 0.264 e. The molecule has 0 aliphatic carbocycles. The summed E-state index contributed by atoms with van der Waals surface area (Å²) in [5, 5.41) is 5.35. The Bertz CT molecular complexity index is 1260. The second kappa shape index (κ2) is 10.9. The van der Waals surface area contributed by atoms with Gasteiger partial charge in [-0.1, -0.05) is 0 Å². The quantitative estimate of drug-likeness (QED) is 0.399. The van der Waals surface area contributed by atoms with Crippen LogP contribution in [0.15, 0.2) is 59.5 Å². The van der Waals surface area contributed by atoms with Gasteiger partial charge in [-0.15, -0.1) is 0 Å². The topological polar surface area (TPSA) is 132 Å². The molecule has 0 saturated heterocycles. The number of hydrogen-bond acceptors (Lipinski definition) is 8. The van der Waals surface area contributed by atoms with Gasteiger partial charge in [0.25, 0.3) is 15.9 Å². The zero-order valence-electron chi connectivity index (χ0n) is 18.7. The molecule has 0 bridgehead atoms. The number of carbonyl (C=O) groups is 1. The average molecular weight is 502 g/mol. The highest BCUT2D eigenvalue weighted by atomic mass is 32.2. The van der Waals surface area contributed by atoms with Crippen molar-refractivity contribution in [2.24, 2.45) is 0 Å². The summed E-state index contributed by atoms with van der Waals surface area (Å²) < 4.78 is 38.0. The molecule has 12 heteroatoms. The second-order valence-corrected chi connectivity index (χ2v) is 9.16. The van der Waals surface area contributed by atoms with E-state index in [0.717, 1.165) is 0 Å². The van der Waals surface area contributed by atoms with Crippen LogP contribution in [-0.2, 0) is 14.8 Å². The van der Waals surface area contributed by atoms with E-state index in [9.17, 15) is 13.2 Å². The van der Waals surface area contributed by atoms with E-state index in [4.69, 9.17) is 21.7 Å². The highest BCUT2D eigenvalue weighted by molar-refractivity contribution is 7.92. The molecule has 178 valence electrons. The van der Waals surface area contributed by atoms with Crippen LogP contribution in [0.3, 0.4) is 0 Å². The zero-order chi connectivity index (χ0) is 24.7. The number of nitrogens with one attached hydrogen (secondary N) is 3. The van der Waals surface area contributed by atoms with Crippen molar-refractivity contribution in [3.8, 4) is 11.5 Å². The molecular formula is C22H23N5O5S2. The summed E-state index contributed by atoms with van der Waals surface area (Å²) in [4.78, 5) is 20.2. The SMILES string of the molecule is COc1ccc(OCC(=O)NC(=S)Nc2ccc(S(=O)(=O)Nc3nc(C)cc(C)n3)cc2)cc1. The van der Waals surface area contributed by atoms with Crippen molar-refractivity contribution in [3.63, 3.8) is 0 Å². The van der Waals surface area contributed by atoms with Gasteiger partial charge < -0.3 is 14.8 Å². The number of benzene rings is 2. The van der Waals surface area contributed by atoms with Crippen molar-refractivity contribution >= 4 is 44.9 Å². The maximum atomic E-state index is 12.6. The lowest BCUT2D eigenvalue weighted by atomic mass is 10.3. The Balaban J connectivity index is 1.52. The number of ether oxygens (including phenoxy) is 2. The molecule has 3 N–H and O–H groups in total.